The maximum Gasteiger partial charge on any atom is 0.130 e. The Kier molecular flexibility index (Phi) is 2.10. The SMILES string of the molecule is [2H]c1c(Br)nc(N2CCCCC2C)c([2H])c1[2H]. The van der Waals surface area contributed by atoms with Crippen LogP contribution in [0.1, 0.15) is 30.3 Å². The predicted octanol–water partition coefficient (Wildman–Crippen LogP) is 3.22. The molecule has 1 aliphatic rings. The van der Waals surface area contributed by atoms with E-state index >= 15 is 0 Å². The van der Waals surface area contributed by atoms with Crippen LogP contribution in [0.15, 0.2) is 22.7 Å². The van der Waals surface area contributed by atoms with Crippen molar-refractivity contribution in [2.75, 3.05) is 11.4 Å². The molecule has 0 saturated carbocycles. The Labute approximate surface area is 97.7 Å². The van der Waals surface area contributed by atoms with Crippen LogP contribution < -0.4 is 4.90 Å². The molecule has 3 heteroatoms. The Morgan fingerprint density at radius 1 is 1.57 bits per heavy atom. The normalized spacial score (nSPS) is 25.4. The Morgan fingerprint density at radius 3 is 3.21 bits per heavy atom. The van der Waals surface area contributed by atoms with Gasteiger partial charge >= 0.3 is 0 Å². The largest absolute Gasteiger partial charge is 0.354 e. The lowest BCUT2D eigenvalue weighted by Crippen LogP contribution is -2.37. The molecule has 1 aromatic rings. The van der Waals surface area contributed by atoms with E-state index < -0.39 is 0 Å². The van der Waals surface area contributed by atoms with Gasteiger partial charge < -0.3 is 4.90 Å². The van der Waals surface area contributed by atoms with Crippen molar-refractivity contribution in [3.05, 3.63) is 22.7 Å². The fourth-order valence-corrected chi connectivity index (χ4v) is 2.10. The molecule has 1 fully saturated rings. The van der Waals surface area contributed by atoms with Crippen molar-refractivity contribution in [3.63, 3.8) is 0 Å². The Hall–Kier alpha value is -0.570. The first-order valence-corrected chi connectivity index (χ1v) is 5.71. The van der Waals surface area contributed by atoms with Gasteiger partial charge in [-0.05, 0) is 54.2 Å². The lowest BCUT2D eigenvalue weighted by Gasteiger charge is -2.34. The van der Waals surface area contributed by atoms with Crippen molar-refractivity contribution in [3.8, 4) is 0 Å². The molecular weight excluding hydrogens is 240 g/mol. The van der Waals surface area contributed by atoms with Crippen LogP contribution in [0.2, 0.25) is 0 Å². The van der Waals surface area contributed by atoms with E-state index in [0.29, 0.717) is 16.5 Å². The van der Waals surface area contributed by atoms with Crippen LogP contribution in [-0.4, -0.2) is 17.6 Å². The van der Waals surface area contributed by atoms with Gasteiger partial charge in [-0.1, -0.05) is 6.04 Å². The van der Waals surface area contributed by atoms with E-state index in [4.69, 9.17) is 4.11 Å². The third-order valence-corrected chi connectivity index (χ3v) is 2.99. The molecule has 0 N–H and O–H groups in total. The highest BCUT2D eigenvalue weighted by Gasteiger charge is 2.19. The first-order valence-electron chi connectivity index (χ1n) is 6.42. The standard InChI is InChI=1S/C11H15BrN2/c1-9-5-2-3-8-14(9)11-7-4-6-10(12)13-11/h4,6-7,9H,2-3,5,8H2,1H3/i4D,6D,7D. The summed E-state index contributed by atoms with van der Waals surface area (Å²) in [5.41, 5.74) is 0. The van der Waals surface area contributed by atoms with Gasteiger partial charge in [0.25, 0.3) is 0 Å². The fraction of sp³-hybridized carbons (Fsp3) is 0.545. The van der Waals surface area contributed by atoms with Gasteiger partial charge in [-0.2, -0.15) is 0 Å². The molecule has 0 spiro atoms. The van der Waals surface area contributed by atoms with E-state index in [2.05, 4.69) is 32.7 Å². The van der Waals surface area contributed by atoms with Crippen molar-refractivity contribution in [1.82, 2.24) is 4.98 Å². The van der Waals surface area contributed by atoms with Gasteiger partial charge in [-0.25, -0.2) is 4.98 Å². The number of halogens is 1. The second-order valence-corrected chi connectivity index (χ2v) is 4.39. The van der Waals surface area contributed by atoms with Gasteiger partial charge in [-0.3, -0.25) is 0 Å². The summed E-state index contributed by atoms with van der Waals surface area (Å²) in [6.07, 6.45) is 3.39. The van der Waals surface area contributed by atoms with Crippen LogP contribution in [0.3, 0.4) is 0 Å². The zero-order valence-corrected chi connectivity index (χ0v) is 9.76. The van der Waals surface area contributed by atoms with Crippen LogP contribution in [0.25, 0.3) is 0 Å². The topological polar surface area (TPSA) is 16.1 Å². The van der Waals surface area contributed by atoms with Crippen molar-refractivity contribution < 1.29 is 4.11 Å². The van der Waals surface area contributed by atoms with Crippen LogP contribution in [0.4, 0.5) is 5.82 Å². The summed E-state index contributed by atoms with van der Waals surface area (Å²) < 4.78 is 23.6. The van der Waals surface area contributed by atoms with E-state index in [-0.39, 0.29) is 18.1 Å². The molecule has 1 atom stereocenters. The Bertz CT molecular complexity index is 439. The monoisotopic (exact) mass is 257 g/mol. The maximum absolute atomic E-state index is 7.93. The highest BCUT2D eigenvalue weighted by Crippen LogP contribution is 2.23. The molecule has 76 valence electrons. The van der Waals surface area contributed by atoms with Gasteiger partial charge in [0.05, 0.1) is 4.11 Å². The Balaban J connectivity index is 2.44. The van der Waals surface area contributed by atoms with Crippen LogP contribution in [0.5, 0.6) is 0 Å². The van der Waals surface area contributed by atoms with Crippen LogP contribution in [0, 0.1) is 0 Å². The van der Waals surface area contributed by atoms with E-state index in [1.165, 1.54) is 6.42 Å². The van der Waals surface area contributed by atoms with E-state index in [9.17, 15) is 0 Å². The molecule has 1 aliphatic heterocycles. The molecule has 1 aromatic heterocycles. The van der Waals surface area contributed by atoms with Gasteiger partial charge in [0.15, 0.2) is 0 Å². The number of hydrogen-bond acceptors (Lipinski definition) is 2. The predicted molar refractivity (Wildman–Crippen MR) is 62.6 cm³/mol. The molecule has 14 heavy (non-hydrogen) atoms. The van der Waals surface area contributed by atoms with Gasteiger partial charge in [0.1, 0.15) is 10.4 Å². The molecule has 0 bridgehead atoms. The summed E-state index contributed by atoms with van der Waals surface area (Å²) in [5.74, 6) is 0.532. The first kappa shape index (κ1) is 6.83. The van der Waals surface area contributed by atoms with Gasteiger partial charge in [0.2, 0.25) is 0 Å². The minimum Gasteiger partial charge on any atom is -0.354 e. The average molecular weight is 258 g/mol. The van der Waals surface area contributed by atoms with Crippen molar-refractivity contribution in [2.45, 2.75) is 32.2 Å². The minimum atomic E-state index is -0.0559. The molecular formula is C11H15BrN2. The second-order valence-electron chi connectivity index (χ2n) is 3.64. The molecule has 2 rings (SSSR count). The van der Waals surface area contributed by atoms with Crippen molar-refractivity contribution in [1.29, 1.82) is 0 Å². The second kappa shape index (κ2) is 4.30. The summed E-state index contributed by atoms with van der Waals surface area (Å²) in [6.45, 7) is 3.00. The highest BCUT2D eigenvalue weighted by molar-refractivity contribution is 9.10. The highest BCUT2D eigenvalue weighted by atomic mass is 79.9. The minimum absolute atomic E-state index is 0.0107. The van der Waals surface area contributed by atoms with Crippen molar-refractivity contribution >= 4 is 21.7 Å². The quantitative estimate of drug-likeness (QED) is 0.719. The zero-order chi connectivity index (χ0) is 12.6. The molecule has 0 radical (unpaired) electrons. The molecule has 2 heterocycles. The number of pyridine rings is 1. The van der Waals surface area contributed by atoms with Crippen LogP contribution in [-0.2, 0) is 0 Å². The molecule has 0 amide bonds. The molecule has 0 aromatic carbocycles. The lowest BCUT2D eigenvalue weighted by molar-refractivity contribution is 0.481. The summed E-state index contributed by atoms with van der Waals surface area (Å²) in [6, 6.07) is 0.346. The Morgan fingerprint density at radius 2 is 2.43 bits per heavy atom. The lowest BCUT2D eigenvalue weighted by atomic mass is 10.0. The summed E-state index contributed by atoms with van der Waals surface area (Å²) in [5, 5.41) is 0. The van der Waals surface area contributed by atoms with Crippen molar-refractivity contribution in [2.24, 2.45) is 0 Å². The molecule has 2 nitrogen and oxygen atoms in total. The van der Waals surface area contributed by atoms with E-state index in [0.717, 1.165) is 19.4 Å². The number of aromatic nitrogens is 1. The number of nitrogens with zero attached hydrogens (tertiary/aromatic N) is 2. The first-order chi connectivity index (χ1) is 8.02. The summed E-state index contributed by atoms with van der Waals surface area (Å²) >= 11 is 3.19. The average Bonchev–Trinajstić information content (AvgIpc) is 2.32. The number of anilines is 1. The molecule has 1 saturated heterocycles. The molecule has 0 aliphatic carbocycles. The summed E-state index contributed by atoms with van der Waals surface area (Å²) in [7, 11) is 0. The smallest absolute Gasteiger partial charge is 0.130 e. The summed E-state index contributed by atoms with van der Waals surface area (Å²) in [4.78, 5) is 6.33. The van der Waals surface area contributed by atoms with E-state index in [1.807, 2.05) is 0 Å². The fourth-order valence-electron chi connectivity index (χ4n) is 1.84. The van der Waals surface area contributed by atoms with E-state index in [1.54, 1.807) is 0 Å². The zero-order valence-electron chi connectivity index (χ0n) is 11.2. The number of hydrogen-bond donors (Lipinski definition) is 0. The third kappa shape index (κ3) is 2.08. The number of piperidine rings is 1. The maximum atomic E-state index is 7.93. The number of rotatable bonds is 1. The van der Waals surface area contributed by atoms with Gasteiger partial charge in [0, 0.05) is 12.6 Å². The molecule has 1 unspecified atom stereocenters. The third-order valence-electron chi connectivity index (χ3n) is 2.62. The van der Waals surface area contributed by atoms with Gasteiger partial charge in [-0.15, -0.1) is 0 Å². The van der Waals surface area contributed by atoms with Crippen LogP contribution >= 0.6 is 15.9 Å².